The zero-order valence-corrected chi connectivity index (χ0v) is 12.3. The Balaban J connectivity index is 1.99. The lowest BCUT2D eigenvalue weighted by molar-refractivity contribution is 0.204. The van der Waals surface area contributed by atoms with Crippen molar-refractivity contribution in [2.24, 2.45) is 0 Å². The molecule has 0 radical (unpaired) electrons. The fourth-order valence-corrected chi connectivity index (χ4v) is 2.98. The molecule has 19 heavy (non-hydrogen) atoms. The first-order valence-electron chi connectivity index (χ1n) is 6.65. The van der Waals surface area contributed by atoms with E-state index < -0.39 is 6.10 Å². The fraction of sp³-hybridized carbons (Fsp3) is 0.294. The van der Waals surface area contributed by atoms with Crippen molar-refractivity contribution in [3.63, 3.8) is 0 Å². The molecule has 0 saturated carbocycles. The summed E-state index contributed by atoms with van der Waals surface area (Å²) in [6.07, 6.45) is 0.600. The van der Waals surface area contributed by atoms with Crippen LogP contribution in [0.25, 0.3) is 0 Å². The van der Waals surface area contributed by atoms with Crippen molar-refractivity contribution in [3.05, 3.63) is 65.2 Å². The van der Waals surface area contributed by atoms with Crippen LogP contribution in [0.1, 0.15) is 29.7 Å². The second-order valence-electron chi connectivity index (χ2n) is 4.74. The van der Waals surface area contributed by atoms with E-state index in [2.05, 4.69) is 50.2 Å². The molecule has 0 saturated heterocycles. The molecule has 0 amide bonds. The van der Waals surface area contributed by atoms with Crippen molar-refractivity contribution in [1.29, 1.82) is 0 Å². The van der Waals surface area contributed by atoms with Crippen LogP contribution in [0.2, 0.25) is 0 Å². The lowest BCUT2D eigenvalue weighted by Gasteiger charge is -2.12. The van der Waals surface area contributed by atoms with Gasteiger partial charge in [0.2, 0.25) is 0 Å². The number of aliphatic hydroxyl groups excluding tert-OH is 1. The second-order valence-corrected chi connectivity index (χ2v) is 5.84. The van der Waals surface area contributed by atoms with Gasteiger partial charge in [0.1, 0.15) is 0 Å². The summed E-state index contributed by atoms with van der Waals surface area (Å²) in [6.45, 7) is 4.22. The van der Waals surface area contributed by atoms with Gasteiger partial charge in [-0.25, -0.2) is 0 Å². The Bertz CT molecular complexity index is 536. The molecule has 2 rings (SSSR count). The number of aryl methyl sites for hydroxylation is 2. The number of aliphatic hydroxyl groups is 1. The van der Waals surface area contributed by atoms with E-state index in [9.17, 15) is 5.11 Å². The first-order chi connectivity index (χ1) is 9.19. The van der Waals surface area contributed by atoms with E-state index in [-0.39, 0.29) is 0 Å². The van der Waals surface area contributed by atoms with Crippen LogP contribution in [0.5, 0.6) is 0 Å². The molecule has 2 aromatic rings. The lowest BCUT2D eigenvalue weighted by Crippen LogP contribution is -2.01. The molecule has 0 aliphatic heterocycles. The zero-order chi connectivity index (χ0) is 13.7. The quantitative estimate of drug-likeness (QED) is 0.815. The monoisotopic (exact) mass is 272 g/mol. The van der Waals surface area contributed by atoms with Crippen LogP contribution in [0, 0.1) is 6.92 Å². The lowest BCUT2D eigenvalue weighted by atomic mass is 10.1. The number of hydrogen-bond donors (Lipinski definition) is 1. The van der Waals surface area contributed by atoms with Crippen LogP contribution in [-0.4, -0.2) is 10.9 Å². The smallest absolute Gasteiger partial charge is 0.0884 e. The summed E-state index contributed by atoms with van der Waals surface area (Å²) in [5.74, 6) is 0.691. The Morgan fingerprint density at radius 2 is 1.89 bits per heavy atom. The molecule has 1 nitrogen and oxygen atoms in total. The standard InChI is InChI=1S/C17H20OS/c1-3-14-7-5-8-15(11-14)17(18)12-19-16-9-4-6-13(2)10-16/h4-11,17-18H,3,12H2,1-2H3. The van der Waals surface area contributed by atoms with Crippen molar-refractivity contribution < 1.29 is 5.11 Å². The third kappa shape index (κ3) is 4.12. The third-order valence-electron chi connectivity index (χ3n) is 3.14. The van der Waals surface area contributed by atoms with Crippen LogP contribution in [0.3, 0.4) is 0 Å². The summed E-state index contributed by atoms with van der Waals surface area (Å²) in [5.41, 5.74) is 3.55. The van der Waals surface area contributed by atoms with Crippen molar-refractivity contribution in [3.8, 4) is 0 Å². The molecule has 2 aromatic carbocycles. The maximum Gasteiger partial charge on any atom is 0.0884 e. The molecule has 0 bridgehead atoms. The van der Waals surface area contributed by atoms with Crippen molar-refractivity contribution >= 4 is 11.8 Å². The van der Waals surface area contributed by atoms with Gasteiger partial charge in [-0.05, 0) is 36.6 Å². The number of thioether (sulfide) groups is 1. The minimum absolute atomic E-state index is 0.406. The maximum absolute atomic E-state index is 10.3. The zero-order valence-electron chi connectivity index (χ0n) is 11.5. The highest BCUT2D eigenvalue weighted by molar-refractivity contribution is 7.99. The molecule has 0 aliphatic carbocycles. The first kappa shape index (κ1) is 14.2. The molecular formula is C17H20OS. The minimum Gasteiger partial charge on any atom is -0.388 e. The topological polar surface area (TPSA) is 20.2 Å². The van der Waals surface area contributed by atoms with Crippen LogP contribution < -0.4 is 0 Å². The normalized spacial score (nSPS) is 12.4. The molecule has 2 heteroatoms. The second kappa shape index (κ2) is 6.78. The van der Waals surface area contributed by atoms with E-state index >= 15 is 0 Å². The van der Waals surface area contributed by atoms with Gasteiger partial charge in [-0.15, -0.1) is 11.8 Å². The Morgan fingerprint density at radius 3 is 2.63 bits per heavy atom. The van der Waals surface area contributed by atoms with E-state index in [0.717, 1.165) is 12.0 Å². The maximum atomic E-state index is 10.3. The molecule has 0 aliphatic rings. The summed E-state index contributed by atoms with van der Waals surface area (Å²) in [4.78, 5) is 1.21. The van der Waals surface area contributed by atoms with Gasteiger partial charge in [0, 0.05) is 10.6 Å². The predicted molar refractivity (Wildman–Crippen MR) is 82.7 cm³/mol. The highest BCUT2D eigenvalue weighted by Crippen LogP contribution is 2.25. The van der Waals surface area contributed by atoms with Gasteiger partial charge in [0.15, 0.2) is 0 Å². The van der Waals surface area contributed by atoms with Gasteiger partial charge < -0.3 is 5.11 Å². The molecule has 0 fully saturated rings. The van der Waals surface area contributed by atoms with Crippen molar-refractivity contribution in [2.45, 2.75) is 31.3 Å². The van der Waals surface area contributed by atoms with E-state index in [1.807, 2.05) is 12.1 Å². The van der Waals surface area contributed by atoms with Gasteiger partial charge in [-0.1, -0.05) is 48.9 Å². The summed E-state index contributed by atoms with van der Waals surface area (Å²) < 4.78 is 0. The molecular weight excluding hydrogens is 252 g/mol. The molecule has 1 N–H and O–H groups in total. The van der Waals surface area contributed by atoms with Gasteiger partial charge in [-0.3, -0.25) is 0 Å². The minimum atomic E-state index is -0.406. The third-order valence-corrected chi connectivity index (χ3v) is 4.21. The fourth-order valence-electron chi connectivity index (χ4n) is 2.00. The highest BCUT2D eigenvalue weighted by Gasteiger charge is 2.08. The molecule has 1 unspecified atom stereocenters. The molecule has 0 spiro atoms. The van der Waals surface area contributed by atoms with E-state index in [0.29, 0.717) is 5.75 Å². The number of hydrogen-bond acceptors (Lipinski definition) is 2. The van der Waals surface area contributed by atoms with Crippen LogP contribution in [-0.2, 0) is 6.42 Å². The van der Waals surface area contributed by atoms with Gasteiger partial charge >= 0.3 is 0 Å². The largest absolute Gasteiger partial charge is 0.388 e. The molecule has 100 valence electrons. The molecule has 0 heterocycles. The summed E-state index contributed by atoms with van der Waals surface area (Å²) in [6, 6.07) is 16.6. The molecule has 1 atom stereocenters. The van der Waals surface area contributed by atoms with Gasteiger partial charge in [0.05, 0.1) is 6.10 Å². The summed E-state index contributed by atoms with van der Waals surface area (Å²) >= 11 is 1.70. The highest BCUT2D eigenvalue weighted by atomic mass is 32.2. The van der Waals surface area contributed by atoms with E-state index in [1.54, 1.807) is 11.8 Å². The summed E-state index contributed by atoms with van der Waals surface area (Å²) in [7, 11) is 0. The Labute approximate surface area is 119 Å². The van der Waals surface area contributed by atoms with Gasteiger partial charge in [0.25, 0.3) is 0 Å². The van der Waals surface area contributed by atoms with Crippen LogP contribution >= 0.6 is 11.8 Å². The average Bonchev–Trinajstić information content (AvgIpc) is 2.45. The number of benzene rings is 2. The van der Waals surface area contributed by atoms with E-state index in [1.165, 1.54) is 16.0 Å². The van der Waals surface area contributed by atoms with Gasteiger partial charge in [-0.2, -0.15) is 0 Å². The Kier molecular flexibility index (Phi) is 5.06. The Morgan fingerprint density at radius 1 is 1.11 bits per heavy atom. The van der Waals surface area contributed by atoms with E-state index in [4.69, 9.17) is 0 Å². The summed E-state index contributed by atoms with van der Waals surface area (Å²) in [5, 5.41) is 10.3. The number of rotatable bonds is 5. The average molecular weight is 272 g/mol. The predicted octanol–water partition coefficient (Wildman–Crippen LogP) is 4.38. The Hall–Kier alpha value is -1.25. The molecule has 0 aromatic heterocycles. The van der Waals surface area contributed by atoms with Crippen molar-refractivity contribution in [1.82, 2.24) is 0 Å². The van der Waals surface area contributed by atoms with Crippen LogP contribution in [0.15, 0.2) is 53.4 Å². The SMILES string of the molecule is CCc1cccc(C(O)CSc2cccc(C)c2)c1. The first-order valence-corrected chi connectivity index (χ1v) is 7.64. The van der Waals surface area contributed by atoms with Crippen LogP contribution in [0.4, 0.5) is 0 Å². The van der Waals surface area contributed by atoms with Crippen molar-refractivity contribution in [2.75, 3.05) is 5.75 Å².